The molecule has 2 aliphatic rings. The third-order valence-corrected chi connectivity index (χ3v) is 5.41. The lowest BCUT2D eigenvalue weighted by atomic mass is 10.0. The van der Waals surface area contributed by atoms with Gasteiger partial charge >= 0.3 is 0 Å². The summed E-state index contributed by atoms with van der Waals surface area (Å²) in [5.74, 6) is 1.43. The van der Waals surface area contributed by atoms with Crippen LogP contribution in [0.5, 0.6) is 11.5 Å². The van der Waals surface area contributed by atoms with E-state index >= 15 is 0 Å². The quantitative estimate of drug-likeness (QED) is 0.685. The van der Waals surface area contributed by atoms with Gasteiger partial charge in [-0.25, -0.2) is 4.68 Å². The minimum absolute atomic E-state index is 0.0117. The van der Waals surface area contributed by atoms with Gasteiger partial charge in [0.1, 0.15) is 13.2 Å². The zero-order valence-corrected chi connectivity index (χ0v) is 16.0. The van der Waals surface area contributed by atoms with Gasteiger partial charge in [-0.15, -0.1) is 5.10 Å². The Morgan fingerprint density at radius 2 is 1.90 bits per heavy atom. The topological polar surface area (TPSA) is 69.5 Å². The van der Waals surface area contributed by atoms with Crippen molar-refractivity contribution in [1.82, 2.24) is 19.9 Å². The summed E-state index contributed by atoms with van der Waals surface area (Å²) >= 11 is 0. The Bertz CT molecular complexity index is 1020. The van der Waals surface area contributed by atoms with Gasteiger partial charge in [0.05, 0.1) is 18.8 Å². The van der Waals surface area contributed by atoms with Crippen molar-refractivity contribution in [2.75, 3.05) is 19.8 Å². The van der Waals surface area contributed by atoms with Crippen LogP contribution in [0.3, 0.4) is 0 Å². The van der Waals surface area contributed by atoms with E-state index in [-0.39, 0.29) is 11.9 Å². The predicted octanol–water partition coefficient (Wildman–Crippen LogP) is 3.07. The first-order valence-corrected chi connectivity index (χ1v) is 9.92. The zero-order valence-electron chi connectivity index (χ0n) is 16.0. The van der Waals surface area contributed by atoms with Gasteiger partial charge in [0, 0.05) is 6.54 Å². The molecule has 148 valence electrons. The number of hydrogen-bond donors (Lipinski definition) is 0. The smallest absolute Gasteiger partial charge is 0.276 e. The van der Waals surface area contributed by atoms with Gasteiger partial charge in [-0.05, 0) is 36.1 Å². The van der Waals surface area contributed by atoms with Gasteiger partial charge < -0.3 is 14.4 Å². The maximum atomic E-state index is 13.1. The Labute approximate surface area is 168 Å². The van der Waals surface area contributed by atoms with E-state index in [1.54, 1.807) is 10.9 Å². The van der Waals surface area contributed by atoms with Crippen LogP contribution in [0.4, 0.5) is 0 Å². The van der Waals surface area contributed by atoms with Crippen molar-refractivity contribution in [2.24, 2.45) is 0 Å². The van der Waals surface area contributed by atoms with Gasteiger partial charge in [-0.3, -0.25) is 4.79 Å². The van der Waals surface area contributed by atoms with Crippen molar-refractivity contribution in [3.63, 3.8) is 0 Å². The number of likely N-dealkylation sites (tertiary alicyclic amines) is 1. The lowest BCUT2D eigenvalue weighted by Gasteiger charge is -2.26. The molecule has 0 radical (unpaired) electrons. The first-order chi connectivity index (χ1) is 14.3. The van der Waals surface area contributed by atoms with Crippen LogP contribution in [0, 0.1) is 0 Å². The molecule has 2 aromatic carbocycles. The van der Waals surface area contributed by atoms with Crippen LogP contribution in [0.1, 0.15) is 40.5 Å². The van der Waals surface area contributed by atoms with E-state index in [0.29, 0.717) is 32.0 Å². The monoisotopic (exact) mass is 390 g/mol. The fourth-order valence-corrected chi connectivity index (χ4v) is 4.01. The Balaban J connectivity index is 1.34. The molecule has 3 heterocycles. The molecular formula is C22H22N4O3. The van der Waals surface area contributed by atoms with Crippen LogP contribution in [0.2, 0.25) is 0 Å². The Hall–Kier alpha value is -3.35. The number of amides is 1. The Kier molecular flexibility index (Phi) is 4.63. The molecule has 1 atom stereocenters. The molecule has 0 aliphatic carbocycles. The molecular weight excluding hydrogens is 368 g/mol. The molecule has 0 N–H and O–H groups in total. The highest BCUT2D eigenvalue weighted by Crippen LogP contribution is 2.38. The number of ether oxygens (including phenoxy) is 2. The average molecular weight is 390 g/mol. The van der Waals surface area contributed by atoms with Gasteiger partial charge in [0.2, 0.25) is 0 Å². The van der Waals surface area contributed by atoms with Crippen LogP contribution < -0.4 is 9.47 Å². The highest BCUT2D eigenvalue weighted by molar-refractivity contribution is 5.92. The fraction of sp³-hybridized carbons (Fsp3) is 0.318. The SMILES string of the molecule is O=C(c1cn(Cc2ccccc2)nn1)N1CCCC1c1ccc2c(c1)OCCO2. The molecule has 1 saturated heterocycles. The summed E-state index contributed by atoms with van der Waals surface area (Å²) < 4.78 is 13.0. The largest absolute Gasteiger partial charge is 0.486 e. The number of hydrogen-bond acceptors (Lipinski definition) is 5. The van der Waals surface area contributed by atoms with Crippen molar-refractivity contribution in [1.29, 1.82) is 0 Å². The summed E-state index contributed by atoms with van der Waals surface area (Å²) in [5, 5.41) is 8.27. The zero-order chi connectivity index (χ0) is 19.6. The second-order valence-corrected chi connectivity index (χ2v) is 7.35. The second-order valence-electron chi connectivity index (χ2n) is 7.35. The molecule has 1 fully saturated rings. The number of carbonyl (C=O) groups excluding carboxylic acids is 1. The van der Waals surface area contributed by atoms with Gasteiger partial charge in [-0.1, -0.05) is 41.6 Å². The van der Waals surface area contributed by atoms with Gasteiger partial charge in [-0.2, -0.15) is 0 Å². The number of fused-ring (bicyclic) bond motifs is 1. The van der Waals surface area contributed by atoms with Crippen molar-refractivity contribution >= 4 is 5.91 Å². The summed E-state index contributed by atoms with van der Waals surface area (Å²) in [6.07, 6.45) is 3.61. The van der Waals surface area contributed by atoms with Crippen LogP contribution in [0.25, 0.3) is 0 Å². The summed E-state index contributed by atoms with van der Waals surface area (Å²) in [5.41, 5.74) is 2.56. The van der Waals surface area contributed by atoms with Crippen molar-refractivity contribution < 1.29 is 14.3 Å². The van der Waals surface area contributed by atoms with Gasteiger partial charge in [0.15, 0.2) is 17.2 Å². The highest BCUT2D eigenvalue weighted by atomic mass is 16.6. The number of carbonyl (C=O) groups is 1. The molecule has 7 nitrogen and oxygen atoms in total. The molecule has 1 unspecified atom stereocenters. The predicted molar refractivity (Wildman–Crippen MR) is 106 cm³/mol. The van der Waals surface area contributed by atoms with Crippen molar-refractivity contribution in [2.45, 2.75) is 25.4 Å². The molecule has 7 heteroatoms. The molecule has 0 saturated carbocycles. The Morgan fingerprint density at radius 1 is 1.07 bits per heavy atom. The molecule has 0 bridgehead atoms. The molecule has 0 spiro atoms. The third kappa shape index (κ3) is 3.55. The molecule has 2 aliphatic heterocycles. The maximum Gasteiger partial charge on any atom is 0.276 e. The first-order valence-electron chi connectivity index (χ1n) is 9.92. The average Bonchev–Trinajstić information content (AvgIpc) is 3.43. The number of nitrogens with zero attached hydrogens (tertiary/aromatic N) is 4. The first kappa shape index (κ1) is 17.7. The van der Waals surface area contributed by atoms with E-state index in [0.717, 1.165) is 35.5 Å². The number of aromatic nitrogens is 3. The molecule has 1 amide bonds. The normalized spacial score (nSPS) is 18.1. The number of benzene rings is 2. The van der Waals surface area contributed by atoms with E-state index in [1.807, 2.05) is 53.4 Å². The van der Waals surface area contributed by atoms with E-state index in [4.69, 9.17) is 9.47 Å². The van der Waals surface area contributed by atoms with E-state index in [1.165, 1.54) is 0 Å². The summed E-state index contributed by atoms with van der Waals surface area (Å²) in [4.78, 5) is 15.0. The van der Waals surface area contributed by atoms with Crippen LogP contribution in [0.15, 0.2) is 54.7 Å². The van der Waals surface area contributed by atoms with E-state index in [9.17, 15) is 4.79 Å². The van der Waals surface area contributed by atoms with Crippen LogP contribution in [-0.2, 0) is 6.54 Å². The third-order valence-electron chi connectivity index (χ3n) is 5.41. The maximum absolute atomic E-state index is 13.1. The number of rotatable bonds is 4. The standard InChI is InChI=1S/C22H22N4O3/c27-22(18-15-25(24-23-18)14-16-5-2-1-3-6-16)26-10-4-7-19(26)17-8-9-20-21(13-17)29-12-11-28-20/h1-3,5-6,8-9,13,15,19H,4,7,10-12,14H2. The molecule has 1 aromatic heterocycles. The summed E-state index contributed by atoms with van der Waals surface area (Å²) in [6, 6.07) is 16.0. The minimum atomic E-state index is -0.0818. The van der Waals surface area contributed by atoms with Crippen molar-refractivity contribution in [3.8, 4) is 11.5 Å². The highest BCUT2D eigenvalue weighted by Gasteiger charge is 2.32. The van der Waals surface area contributed by atoms with E-state index in [2.05, 4.69) is 10.3 Å². The molecule has 5 rings (SSSR count). The van der Waals surface area contributed by atoms with Gasteiger partial charge in [0.25, 0.3) is 5.91 Å². The van der Waals surface area contributed by atoms with Crippen molar-refractivity contribution in [3.05, 3.63) is 71.5 Å². The Morgan fingerprint density at radius 3 is 2.76 bits per heavy atom. The molecule has 29 heavy (non-hydrogen) atoms. The summed E-state index contributed by atoms with van der Waals surface area (Å²) in [6.45, 7) is 2.42. The minimum Gasteiger partial charge on any atom is -0.486 e. The van der Waals surface area contributed by atoms with Crippen LogP contribution >= 0.6 is 0 Å². The van der Waals surface area contributed by atoms with Crippen LogP contribution in [-0.4, -0.2) is 45.6 Å². The fourth-order valence-electron chi connectivity index (χ4n) is 4.01. The second kappa shape index (κ2) is 7.58. The lowest BCUT2D eigenvalue weighted by molar-refractivity contribution is 0.0729. The van der Waals surface area contributed by atoms with E-state index < -0.39 is 0 Å². The molecule has 3 aromatic rings. The summed E-state index contributed by atoms with van der Waals surface area (Å²) in [7, 11) is 0. The lowest BCUT2D eigenvalue weighted by Crippen LogP contribution is -2.31.